The third kappa shape index (κ3) is 5.75. The zero-order valence-electron chi connectivity index (χ0n) is 24.9. The summed E-state index contributed by atoms with van der Waals surface area (Å²) in [4.78, 5) is 29.6. The number of aryl methyl sites for hydroxylation is 1. The van der Waals surface area contributed by atoms with Crippen LogP contribution in [0.25, 0.3) is 11.3 Å². The van der Waals surface area contributed by atoms with Gasteiger partial charge in [-0.25, -0.2) is 13.8 Å². The maximum Gasteiger partial charge on any atom is 0.424 e. The third-order valence-corrected chi connectivity index (χ3v) is 8.28. The van der Waals surface area contributed by atoms with Crippen molar-refractivity contribution in [3.05, 3.63) is 81.9 Å². The number of hydrogen-bond donors (Lipinski definition) is 5. The average Bonchev–Trinajstić information content (AvgIpc) is 3.77. The summed E-state index contributed by atoms with van der Waals surface area (Å²) >= 11 is 0. The van der Waals surface area contributed by atoms with E-state index in [2.05, 4.69) is 10.3 Å². The molecule has 15 heteroatoms. The van der Waals surface area contributed by atoms with Crippen molar-refractivity contribution >= 4 is 17.5 Å². The summed E-state index contributed by atoms with van der Waals surface area (Å²) < 4.78 is 83.6. The molecule has 10 nitrogen and oxygen atoms in total. The predicted molar refractivity (Wildman–Crippen MR) is 153 cm³/mol. The molecule has 2 heterocycles. The molecule has 1 unspecified atom stereocenters. The molecule has 0 radical (unpaired) electrons. The van der Waals surface area contributed by atoms with Crippen molar-refractivity contribution in [1.29, 1.82) is 5.41 Å². The highest BCUT2D eigenvalue weighted by Crippen LogP contribution is 2.48. The summed E-state index contributed by atoms with van der Waals surface area (Å²) in [7, 11) is 1.28. The maximum atomic E-state index is 14.8. The van der Waals surface area contributed by atoms with Gasteiger partial charge in [0.15, 0.2) is 11.6 Å². The molecule has 5 rings (SSSR count). The van der Waals surface area contributed by atoms with Gasteiger partial charge >= 0.3 is 6.18 Å². The molecular formula is C31H31F5N5O5+. The number of amides is 2. The van der Waals surface area contributed by atoms with Gasteiger partial charge in [-0.3, -0.25) is 15.0 Å². The molecule has 1 fully saturated rings. The molecule has 0 bridgehead atoms. The molecule has 1 aliphatic heterocycles. The zero-order valence-corrected chi connectivity index (χ0v) is 24.9. The van der Waals surface area contributed by atoms with Crippen LogP contribution in [0.15, 0.2) is 53.5 Å². The van der Waals surface area contributed by atoms with Crippen LogP contribution in [-0.4, -0.2) is 60.1 Å². The summed E-state index contributed by atoms with van der Waals surface area (Å²) in [5, 5.41) is 23.5. The topological polar surface area (TPSA) is 164 Å². The number of nitrogens with two attached hydrogens (primary N) is 2. The van der Waals surface area contributed by atoms with Crippen molar-refractivity contribution in [2.45, 2.75) is 49.9 Å². The predicted octanol–water partition coefficient (Wildman–Crippen LogP) is 2.44. The zero-order chi connectivity index (χ0) is 33.8. The average molecular weight is 649 g/mol. The Balaban J connectivity index is 1.57. The van der Waals surface area contributed by atoms with Crippen molar-refractivity contribution in [1.82, 2.24) is 10.3 Å². The van der Waals surface area contributed by atoms with E-state index in [1.165, 1.54) is 33.1 Å². The number of fused-ring (bicyclic) bond motifs is 1. The molecule has 46 heavy (non-hydrogen) atoms. The van der Waals surface area contributed by atoms with Gasteiger partial charge in [0.2, 0.25) is 11.5 Å². The number of aromatic nitrogens is 1. The van der Waals surface area contributed by atoms with Crippen LogP contribution in [0, 0.1) is 24.0 Å². The molecule has 244 valence electrons. The fourth-order valence-electron chi connectivity index (χ4n) is 5.09. The van der Waals surface area contributed by atoms with E-state index in [4.69, 9.17) is 20.6 Å². The van der Waals surface area contributed by atoms with Crippen molar-refractivity contribution in [3.8, 4) is 17.0 Å². The molecule has 3 aliphatic rings. The number of nitrogens with zero attached hydrogens (tertiary/aromatic N) is 1. The first-order valence-corrected chi connectivity index (χ1v) is 14.1. The highest BCUT2D eigenvalue weighted by Gasteiger charge is 2.58. The second-order valence-corrected chi connectivity index (χ2v) is 11.7. The number of benzene rings is 1. The summed E-state index contributed by atoms with van der Waals surface area (Å²) in [5.74, 6) is -4.67. The van der Waals surface area contributed by atoms with Crippen LogP contribution in [0.5, 0.6) is 5.75 Å². The summed E-state index contributed by atoms with van der Waals surface area (Å²) in [5.41, 5.74) is -1.81. The largest absolute Gasteiger partial charge is 0.494 e. The monoisotopic (exact) mass is 648 g/mol. The molecule has 1 aromatic heterocycles. The van der Waals surface area contributed by atoms with Crippen LogP contribution in [0.4, 0.5) is 22.0 Å². The van der Waals surface area contributed by atoms with Crippen LogP contribution in [0.1, 0.15) is 36.6 Å². The number of aliphatic hydroxyl groups is 1. The lowest BCUT2D eigenvalue weighted by molar-refractivity contribution is -0.602. The minimum absolute atomic E-state index is 0.00618. The molecule has 7 N–H and O–H groups in total. The van der Waals surface area contributed by atoms with Crippen molar-refractivity contribution < 1.29 is 51.4 Å². The highest BCUT2D eigenvalue weighted by molar-refractivity contribution is 6.15. The summed E-state index contributed by atoms with van der Waals surface area (Å²) in [6, 6.07) is 2.97. The van der Waals surface area contributed by atoms with Gasteiger partial charge in [-0.05, 0) is 49.8 Å². The van der Waals surface area contributed by atoms with E-state index in [1.807, 2.05) is 5.32 Å². The van der Waals surface area contributed by atoms with Crippen molar-refractivity contribution in [3.63, 3.8) is 0 Å². The second kappa shape index (κ2) is 11.6. The third-order valence-electron chi connectivity index (χ3n) is 8.28. The van der Waals surface area contributed by atoms with Crippen molar-refractivity contribution in [2.75, 3.05) is 20.3 Å². The molecule has 2 aromatic rings. The minimum Gasteiger partial charge on any atom is -0.494 e. The van der Waals surface area contributed by atoms with E-state index < -0.39 is 65.2 Å². The van der Waals surface area contributed by atoms with E-state index in [1.54, 1.807) is 6.20 Å². The fraction of sp³-hybridized carbons (Fsp3) is 0.355. The number of quaternary nitrogens is 1. The number of alkyl halides is 3. The van der Waals surface area contributed by atoms with Gasteiger partial charge in [0, 0.05) is 29.5 Å². The first-order valence-electron chi connectivity index (χ1n) is 14.1. The number of allylic oxidation sites excluding steroid dienone is 2. The number of rotatable bonds is 9. The molecule has 2 aliphatic carbocycles. The van der Waals surface area contributed by atoms with Gasteiger partial charge in [0.05, 0.1) is 31.0 Å². The number of carbonyl (C=O) groups excluding carboxylic acids is 2. The molecular weight excluding hydrogens is 617 g/mol. The van der Waals surface area contributed by atoms with Crippen molar-refractivity contribution in [2.24, 2.45) is 5.73 Å². The van der Waals surface area contributed by atoms with Crippen LogP contribution in [0.2, 0.25) is 0 Å². The van der Waals surface area contributed by atoms with E-state index in [0.717, 1.165) is 25.0 Å². The molecule has 1 aromatic carbocycles. The molecule has 0 spiro atoms. The van der Waals surface area contributed by atoms with Crippen LogP contribution < -0.4 is 21.1 Å². The SMILES string of the molecule is COC1=CC(C(=O)NCC(O)(c2cc3c(c(-c4cc(C)c(F)c(F)c4)n2)OC[C@]3(C)C(N)=O)C(F)(F)F)=C/C(=C/[NH2+]C2CC2)C1=N. The Bertz CT molecular complexity index is 1730. The normalized spacial score (nSPS) is 21.6. The number of nitrogens with one attached hydrogen (secondary N) is 2. The number of pyridine rings is 1. The number of methoxy groups -OCH3 is 1. The molecule has 0 saturated heterocycles. The smallest absolute Gasteiger partial charge is 0.424 e. The first kappa shape index (κ1) is 32.8. The molecule has 1 saturated carbocycles. The van der Waals surface area contributed by atoms with E-state index in [9.17, 15) is 36.6 Å². The maximum absolute atomic E-state index is 14.8. The van der Waals surface area contributed by atoms with Gasteiger partial charge in [0.25, 0.3) is 5.91 Å². The Hall–Kier alpha value is -4.63. The van der Waals surface area contributed by atoms with E-state index in [0.29, 0.717) is 17.7 Å². The number of carbonyl (C=O) groups is 2. The molecule has 2 amide bonds. The number of ether oxygens (including phenoxy) is 2. The fourth-order valence-corrected chi connectivity index (χ4v) is 5.09. The van der Waals surface area contributed by atoms with Gasteiger partial charge in [0.1, 0.15) is 41.1 Å². The van der Waals surface area contributed by atoms with Gasteiger partial charge < -0.3 is 30.9 Å². The lowest BCUT2D eigenvalue weighted by Crippen LogP contribution is -2.80. The Morgan fingerprint density at radius 3 is 2.54 bits per heavy atom. The van der Waals surface area contributed by atoms with E-state index in [-0.39, 0.29) is 39.5 Å². The lowest BCUT2D eigenvalue weighted by atomic mass is 9.81. The van der Waals surface area contributed by atoms with Crippen LogP contribution >= 0.6 is 0 Å². The number of primary amides is 1. The Morgan fingerprint density at radius 1 is 1.26 bits per heavy atom. The number of halogens is 5. The summed E-state index contributed by atoms with van der Waals surface area (Å²) in [6.07, 6.45) is 0.654. The van der Waals surface area contributed by atoms with Gasteiger partial charge in [-0.2, -0.15) is 13.2 Å². The van der Waals surface area contributed by atoms with Crippen LogP contribution in [0.3, 0.4) is 0 Å². The summed E-state index contributed by atoms with van der Waals surface area (Å²) in [6.45, 7) is 0.713. The Morgan fingerprint density at radius 2 is 1.96 bits per heavy atom. The van der Waals surface area contributed by atoms with Gasteiger partial charge in [-0.15, -0.1) is 0 Å². The minimum atomic E-state index is -5.45. The quantitative estimate of drug-likeness (QED) is 0.262. The van der Waals surface area contributed by atoms with Gasteiger partial charge in [-0.1, -0.05) is 0 Å². The Kier molecular flexibility index (Phi) is 8.28. The van der Waals surface area contributed by atoms with Crippen LogP contribution in [-0.2, 0) is 25.3 Å². The number of hydrogen-bond acceptors (Lipinski definition) is 7. The Labute approximate surface area is 259 Å². The lowest BCUT2D eigenvalue weighted by Gasteiger charge is -2.31. The first-order chi connectivity index (χ1) is 21.5. The second-order valence-electron chi connectivity index (χ2n) is 11.7. The van der Waals surface area contributed by atoms with E-state index >= 15 is 0 Å². The molecule has 2 atom stereocenters. The standard InChI is InChI=1S/C31H30F5N5O5/c1-14-6-15(8-20(32)23(14)33)25-26-19(29(2,13-46-26)28(38)43)10-22(41-25)30(44,31(34,35)36)12-40-27(42)16-7-17(11-39-18-4-5-18)24(37)21(9-16)45-3/h6-11,18,37,39,44H,4-5,12-13H2,1-3H3,(H2,38,43)(H,40,42)/p+1/b17-11-,37-24?/t29-,30?/m0/s1. The highest BCUT2D eigenvalue weighted by atomic mass is 19.4.